The average molecular weight is 245 g/mol. The molecule has 0 saturated carbocycles. The van der Waals surface area contributed by atoms with Crippen LogP contribution in [0.4, 0.5) is 0 Å². The van der Waals surface area contributed by atoms with Gasteiger partial charge in [0.2, 0.25) is 0 Å². The number of benzene rings is 1. The first kappa shape index (κ1) is 12.6. The van der Waals surface area contributed by atoms with Gasteiger partial charge in [0, 0.05) is 24.2 Å². The van der Waals surface area contributed by atoms with Crippen molar-refractivity contribution in [2.45, 2.75) is 19.9 Å². The van der Waals surface area contributed by atoms with Crippen molar-refractivity contribution in [3.63, 3.8) is 0 Å². The van der Waals surface area contributed by atoms with Gasteiger partial charge in [-0.25, -0.2) is 0 Å². The highest BCUT2D eigenvalue weighted by atomic mass is 16.1. The molecule has 18 heavy (non-hydrogen) atoms. The van der Waals surface area contributed by atoms with Crippen molar-refractivity contribution < 1.29 is 4.79 Å². The fraction of sp³-hybridized carbons (Fsp3) is 0.357. The minimum absolute atomic E-state index is 0.0169. The Morgan fingerprint density at radius 1 is 1.39 bits per heavy atom. The van der Waals surface area contributed by atoms with Gasteiger partial charge in [-0.1, -0.05) is 26.0 Å². The molecule has 1 amide bonds. The van der Waals surface area contributed by atoms with Crippen LogP contribution < -0.4 is 11.1 Å². The number of H-pyrrole nitrogens is 1. The second kappa shape index (κ2) is 5.23. The monoisotopic (exact) mass is 245 g/mol. The molecule has 96 valence electrons. The summed E-state index contributed by atoms with van der Waals surface area (Å²) in [7, 11) is 0. The fourth-order valence-electron chi connectivity index (χ4n) is 1.82. The quantitative estimate of drug-likeness (QED) is 0.769. The minimum atomic E-state index is -0.0841. The summed E-state index contributed by atoms with van der Waals surface area (Å²) in [6, 6.07) is 7.61. The predicted octanol–water partition coefficient (Wildman–Crippen LogP) is 1.88. The van der Waals surface area contributed by atoms with Gasteiger partial charge < -0.3 is 16.0 Å². The van der Waals surface area contributed by atoms with Gasteiger partial charge in [0.15, 0.2) is 0 Å². The number of fused-ring (bicyclic) bond motifs is 1. The van der Waals surface area contributed by atoms with E-state index in [2.05, 4.69) is 10.3 Å². The van der Waals surface area contributed by atoms with Crippen molar-refractivity contribution in [3.8, 4) is 0 Å². The molecule has 2 rings (SSSR count). The molecule has 0 aliphatic carbocycles. The fourth-order valence-corrected chi connectivity index (χ4v) is 1.82. The average Bonchev–Trinajstić information content (AvgIpc) is 2.83. The molecule has 4 N–H and O–H groups in total. The van der Waals surface area contributed by atoms with E-state index in [1.807, 2.05) is 44.3 Å². The van der Waals surface area contributed by atoms with Gasteiger partial charge in [-0.05, 0) is 18.1 Å². The zero-order valence-electron chi connectivity index (χ0n) is 10.7. The number of hydrogen-bond acceptors (Lipinski definition) is 2. The summed E-state index contributed by atoms with van der Waals surface area (Å²) < 4.78 is 0. The molecular weight excluding hydrogens is 226 g/mol. The zero-order valence-corrected chi connectivity index (χ0v) is 10.7. The number of aromatic amines is 1. The molecular formula is C14H19N3O. The highest BCUT2D eigenvalue weighted by Gasteiger charge is 2.13. The third-order valence-electron chi connectivity index (χ3n) is 3.19. The highest BCUT2D eigenvalue weighted by Crippen LogP contribution is 2.16. The van der Waals surface area contributed by atoms with Crippen LogP contribution in [0.3, 0.4) is 0 Å². The molecule has 0 spiro atoms. The number of carbonyl (C=O) groups excluding carboxylic acids is 1. The first-order chi connectivity index (χ1) is 8.59. The molecule has 4 heteroatoms. The topological polar surface area (TPSA) is 70.9 Å². The summed E-state index contributed by atoms with van der Waals surface area (Å²) in [5, 5.41) is 3.92. The summed E-state index contributed by atoms with van der Waals surface area (Å²) in [5.41, 5.74) is 7.44. The third-order valence-corrected chi connectivity index (χ3v) is 3.19. The number of nitrogens with one attached hydrogen (secondary N) is 2. The van der Waals surface area contributed by atoms with E-state index in [4.69, 9.17) is 5.73 Å². The van der Waals surface area contributed by atoms with E-state index in [0.717, 1.165) is 10.9 Å². The van der Waals surface area contributed by atoms with E-state index in [1.165, 1.54) is 0 Å². The van der Waals surface area contributed by atoms with E-state index in [-0.39, 0.29) is 11.9 Å². The van der Waals surface area contributed by atoms with Crippen LogP contribution in [0, 0.1) is 5.92 Å². The molecule has 0 aliphatic heterocycles. The first-order valence-corrected chi connectivity index (χ1v) is 6.19. The molecule has 1 aromatic heterocycles. The van der Waals surface area contributed by atoms with Crippen molar-refractivity contribution in [1.29, 1.82) is 0 Å². The molecule has 0 radical (unpaired) electrons. The van der Waals surface area contributed by atoms with Crippen LogP contribution in [0.2, 0.25) is 0 Å². The standard InChI is InChI=1S/C14H19N3O/c1-9(2)12(15)8-17-14(18)11-5-3-4-10-6-7-16-13(10)11/h3-7,9,12,16H,8,15H2,1-2H3,(H,17,18). The summed E-state index contributed by atoms with van der Waals surface area (Å²) in [5.74, 6) is 0.269. The van der Waals surface area contributed by atoms with Gasteiger partial charge in [0.05, 0.1) is 11.1 Å². The molecule has 1 atom stereocenters. The van der Waals surface area contributed by atoms with Gasteiger partial charge in [-0.3, -0.25) is 4.79 Å². The summed E-state index contributed by atoms with van der Waals surface area (Å²) >= 11 is 0. The van der Waals surface area contributed by atoms with Crippen LogP contribution in [0.5, 0.6) is 0 Å². The Morgan fingerprint density at radius 3 is 2.89 bits per heavy atom. The highest BCUT2D eigenvalue weighted by molar-refractivity contribution is 6.05. The van der Waals surface area contributed by atoms with Gasteiger partial charge in [0.25, 0.3) is 5.91 Å². The van der Waals surface area contributed by atoms with Crippen LogP contribution in [0.1, 0.15) is 24.2 Å². The van der Waals surface area contributed by atoms with Crippen molar-refractivity contribution in [1.82, 2.24) is 10.3 Å². The van der Waals surface area contributed by atoms with Crippen molar-refractivity contribution >= 4 is 16.8 Å². The van der Waals surface area contributed by atoms with Crippen LogP contribution >= 0.6 is 0 Å². The van der Waals surface area contributed by atoms with Crippen molar-refractivity contribution in [3.05, 3.63) is 36.0 Å². The Morgan fingerprint density at radius 2 is 2.17 bits per heavy atom. The Bertz CT molecular complexity index is 545. The van der Waals surface area contributed by atoms with E-state index in [0.29, 0.717) is 18.0 Å². The van der Waals surface area contributed by atoms with Crippen molar-refractivity contribution in [2.75, 3.05) is 6.54 Å². The summed E-state index contributed by atoms with van der Waals surface area (Å²) in [6.07, 6.45) is 1.83. The minimum Gasteiger partial charge on any atom is -0.361 e. The van der Waals surface area contributed by atoms with E-state index >= 15 is 0 Å². The largest absolute Gasteiger partial charge is 0.361 e. The number of carbonyl (C=O) groups is 1. The van der Waals surface area contributed by atoms with Crippen LogP contribution in [0.25, 0.3) is 10.9 Å². The molecule has 1 aromatic carbocycles. The number of hydrogen-bond donors (Lipinski definition) is 3. The maximum absolute atomic E-state index is 12.1. The molecule has 1 heterocycles. The smallest absolute Gasteiger partial charge is 0.253 e. The SMILES string of the molecule is CC(C)C(N)CNC(=O)c1cccc2cc[nH]c12. The summed E-state index contributed by atoms with van der Waals surface area (Å²) in [4.78, 5) is 15.2. The van der Waals surface area contributed by atoms with Gasteiger partial charge in [0.1, 0.15) is 0 Å². The maximum Gasteiger partial charge on any atom is 0.253 e. The molecule has 0 aliphatic rings. The summed E-state index contributed by atoms with van der Waals surface area (Å²) in [6.45, 7) is 4.58. The number of aromatic nitrogens is 1. The molecule has 0 fully saturated rings. The molecule has 0 bridgehead atoms. The molecule has 1 unspecified atom stereocenters. The second-order valence-corrected chi connectivity index (χ2v) is 4.87. The lowest BCUT2D eigenvalue weighted by atomic mass is 10.1. The lowest BCUT2D eigenvalue weighted by molar-refractivity contribution is 0.0951. The lowest BCUT2D eigenvalue weighted by Crippen LogP contribution is -2.40. The van der Waals surface area contributed by atoms with Crippen LogP contribution in [0.15, 0.2) is 30.5 Å². The lowest BCUT2D eigenvalue weighted by Gasteiger charge is -2.16. The molecule has 2 aromatic rings. The van der Waals surface area contributed by atoms with E-state index in [9.17, 15) is 4.79 Å². The van der Waals surface area contributed by atoms with Gasteiger partial charge in [-0.15, -0.1) is 0 Å². The number of para-hydroxylation sites is 1. The Hall–Kier alpha value is -1.81. The Balaban J connectivity index is 2.12. The second-order valence-electron chi connectivity index (χ2n) is 4.87. The van der Waals surface area contributed by atoms with E-state index < -0.39 is 0 Å². The number of amides is 1. The van der Waals surface area contributed by atoms with Gasteiger partial charge >= 0.3 is 0 Å². The number of nitrogens with two attached hydrogens (primary N) is 1. The predicted molar refractivity (Wildman–Crippen MR) is 73.4 cm³/mol. The first-order valence-electron chi connectivity index (χ1n) is 6.19. The third kappa shape index (κ3) is 2.54. The number of rotatable bonds is 4. The van der Waals surface area contributed by atoms with Gasteiger partial charge in [-0.2, -0.15) is 0 Å². The Labute approximate surface area is 107 Å². The molecule has 0 saturated heterocycles. The van der Waals surface area contributed by atoms with E-state index in [1.54, 1.807) is 0 Å². The normalized spacial score (nSPS) is 12.9. The van der Waals surface area contributed by atoms with Crippen LogP contribution in [-0.4, -0.2) is 23.5 Å². The maximum atomic E-state index is 12.1. The van der Waals surface area contributed by atoms with Crippen molar-refractivity contribution in [2.24, 2.45) is 11.7 Å². The van der Waals surface area contributed by atoms with Crippen LogP contribution in [-0.2, 0) is 0 Å². The Kier molecular flexibility index (Phi) is 3.67. The molecule has 4 nitrogen and oxygen atoms in total. The zero-order chi connectivity index (χ0) is 13.1.